The minimum absolute atomic E-state index is 0.146. The number of fused-ring (bicyclic) bond motifs is 3. The van der Waals surface area contributed by atoms with Crippen LogP contribution in [-0.4, -0.2) is 33.3 Å². The van der Waals surface area contributed by atoms with Gasteiger partial charge in [0.25, 0.3) is 0 Å². The van der Waals surface area contributed by atoms with E-state index in [1.165, 1.54) is 6.92 Å². The van der Waals surface area contributed by atoms with Crippen molar-refractivity contribution in [1.29, 1.82) is 0 Å². The molecule has 31 heavy (non-hydrogen) atoms. The topological polar surface area (TPSA) is 83.1 Å². The molecule has 0 fully saturated rings. The molecule has 1 aliphatic carbocycles. The van der Waals surface area contributed by atoms with Gasteiger partial charge < -0.3 is 24.3 Å². The molecule has 0 saturated carbocycles. The van der Waals surface area contributed by atoms with Crippen molar-refractivity contribution in [3.63, 3.8) is 0 Å². The molecular weight excluding hydrogens is 398 g/mol. The van der Waals surface area contributed by atoms with Gasteiger partial charge in [0.15, 0.2) is 17.2 Å². The highest BCUT2D eigenvalue weighted by molar-refractivity contribution is 5.83. The fourth-order valence-corrected chi connectivity index (χ4v) is 4.04. The van der Waals surface area contributed by atoms with Crippen molar-refractivity contribution in [2.75, 3.05) is 21.3 Å². The van der Waals surface area contributed by atoms with Crippen LogP contribution >= 0.6 is 0 Å². The van der Waals surface area contributed by atoms with Crippen LogP contribution in [0.3, 0.4) is 0 Å². The number of amides is 1. The Hall–Kier alpha value is -3.22. The normalized spacial score (nSPS) is 14.7. The molecule has 1 amide bonds. The van der Waals surface area contributed by atoms with E-state index in [0.29, 0.717) is 35.7 Å². The van der Waals surface area contributed by atoms with Crippen molar-refractivity contribution in [3.8, 4) is 34.1 Å². The van der Waals surface area contributed by atoms with Gasteiger partial charge in [-0.2, -0.15) is 0 Å². The summed E-state index contributed by atoms with van der Waals surface area (Å²) in [5.41, 5.74) is 3.04. The predicted molar refractivity (Wildman–Crippen MR) is 118 cm³/mol. The molecule has 2 aromatic rings. The van der Waals surface area contributed by atoms with Crippen molar-refractivity contribution in [3.05, 3.63) is 45.6 Å². The summed E-state index contributed by atoms with van der Waals surface area (Å²) in [4.78, 5) is 24.9. The molecule has 166 valence electrons. The van der Waals surface area contributed by atoms with Gasteiger partial charge >= 0.3 is 0 Å². The van der Waals surface area contributed by atoms with Crippen LogP contribution in [0.25, 0.3) is 11.1 Å². The summed E-state index contributed by atoms with van der Waals surface area (Å²) in [5, 5.41) is 2.99. The number of benzene rings is 1. The second-order valence-corrected chi connectivity index (χ2v) is 7.71. The highest BCUT2D eigenvalue weighted by Gasteiger charge is 2.29. The van der Waals surface area contributed by atoms with Crippen LogP contribution in [0.5, 0.6) is 23.0 Å². The van der Waals surface area contributed by atoms with Crippen LogP contribution in [0.4, 0.5) is 0 Å². The zero-order valence-electron chi connectivity index (χ0n) is 18.8. The third-order valence-electron chi connectivity index (χ3n) is 5.24. The van der Waals surface area contributed by atoms with E-state index in [1.807, 2.05) is 26.0 Å². The van der Waals surface area contributed by atoms with Crippen molar-refractivity contribution in [2.45, 2.75) is 45.8 Å². The van der Waals surface area contributed by atoms with E-state index in [4.69, 9.17) is 18.9 Å². The fourth-order valence-electron chi connectivity index (χ4n) is 4.04. The van der Waals surface area contributed by atoms with Gasteiger partial charge in [-0.15, -0.1) is 0 Å². The molecule has 0 aliphatic heterocycles. The van der Waals surface area contributed by atoms with Gasteiger partial charge in [0, 0.05) is 12.5 Å². The molecule has 1 atom stereocenters. The molecule has 3 rings (SSSR count). The Morgan fingerprint density at radius 3 is 2.32 bits per heavy atom. The molecule has 1 N–H and O–H groups in total. The summed E-state index contributed by atoms with van der Waals surface area (Å²) in [6, 6.07) is 6.67. The van der Waals surface area contributed by atoms with E-state index in [9.17, 15) is 9.59 Å². The third kappa shape index (κ3) is 4.45. The highest BCUT2D eigenvalue weighted by atomic mass is 16.5. The number of aryl methyl sites for hydroxylation is 1. The smallest absolute Gasteiger partial charge is 0.220 e. The summed E-state index contributed by atoms with van der Waals surface area (Å²) < 4.78 is 22.6. The Kier molecular flexibility index (Phi) is 6.73. The number of carbonyl (C=O) groups excluding carboxylic acids is 1. The third-order valence-corrected chi connectivity index (χ3v) is 5.24. The summed E-state index contributed by atoms with van der Waals surface area (Å²) in [6.45, 7) is 5.21. The van der Waals surface area contributed by atoms with Gasteiger partial charge in [0.1, 0.15) is 0 Å². The quantitative estimate of drug-likeness (QED) is 0.758. The lowest BCUT2D eigenvalue weighted by molar-refractivity contribution is -0.119. The molecule has 0 bridgehead atoms. The van der Waals surface area contributed by atoms with Crippen molar-refractivity contribution >= 4 is 5.91 Å². The first-order valence-corrected chi connectivity index (χ1v) is 10.2. The minimum Gasteiger partial charge on any atom is -0.493 e. The Balaban J connectivity index is 2.38. The van der Waals surface area contributed by atoms with Gasteiger partial charge in [0.2, 0.25) is 17.1 Å². The first kappa shape index (κ1) is 22.5. The molecule has 1 aliphatic rings. The van der Waals surface area contributed by atoms with Gasteiger partial charge in [0.05, 0.1) is 33.5 Å². The van der Waals surface area contributed by atoms with Crippen LogP contribution in [0.2, 0.25) is 0 Å². The lowest BCUT2D eigenvalue weighted by Crippen LogP contribution is -2.26. The van der Waals surface area contributed by atoms with Crippen LogP contribution < -0.4 is 29.7 Å². The molecule has 0 aromatic heterocycles. The van der Waals surface area contributed by atoms with Gasteiger partial charge in [-0.1, -0.05) is 6.07 Å². The predicted octanol–water partition coefficient (Wildman–Crippen LogP) is 3.65. The lowest BCUT2D eigenvalue weighted by Gasteiger charge is -2.19. The number of carbonyl (C=O) groups is 1. The minimum atomic E-state index is -0.339. The average Bonchev–Trinajstić information content (AvgIpc) is 2.96. The standard InChI is InChI=1S/C24H29NO6/c1-13(2)31-20-10-8-16-17(12-19(20)27)18(25-14(3)26)9-7-15-11-21(28-4)23(29-5)24(30-6)22(15)16/h8,10-13,18H,7,9H2,1-6H3,(H,25,26)/t18-/m0/s1. The largest absolute Gasteiger partial charge is 0.493 e. The van der Waals surface area contributed by atoms with E-state index < -0.39 is 0 Å². The van der Waals surface area contributed by atoms with Crippen LogP contribution in [0.15, 0.2) is 29.1 Å². The van der Waals surface area contributed by atoms with E-state index in [2.05, 4.69) is 5.32 Å². The fraction of sp³-hybridized carbons (Fsp3) is 0.417. The second-order valence-electron chi connectivity index (χ2n) is 7.71. The maximum atomic E-state index is 12.9. The molecule has 0 spiro atoms. The van der Waals surface area contributed by atoms with E-state index in [-0.39, 0.29) is 29.2 Å². The van der Waals surface area contributed by atoms with E-state index in [1.54, 1.807) is 33.5 Å². The number of nitrogens with one attached hydrogen (secondary N) is 1. The molecule has 0 unspecified atom stereocenters. The van der Waals surface area contributed by atoms with Crippen molar-refractivity contribution < 1.29 is 23.7 Å². The molecule has 0 radical (unpaired) electrons. The monoisotopic (exact) mass is 427 g/mol. The number of hydrogen-bond acceptors (Lipinski definition) is 6. The number of ether oxygens (including phenoxy) is 4. The van der Waals surface area contributed by atoms with E-state index >= 15 is 0 Å². The van der Waals surface area contributed by atoms with Crippen molar-refractivity contribution in [2.24, 2.45) is 0 Å². The first-order valence-electron chi connectivity index (χ1n) is 10.2. The molecule has 2 aromatic carbocycles. The highest BCUT2D eigenvalue weighted by Crippen LogP contribution is 2.50. The lowest BCUT2D eigenvalue weighted by atomic mass is 9.95. The average molecular weight is 427 g/mol. The maximum Gasteiger partial charge on any atom is 0.220 e. The number of rotatable bonds is 6. The zero-order valence-corrected chi connectivity index (χ0v) is 18.8. The van der Waals surface area contributed by atoms with Gasteiger partial charge in [-0.25, -0.2) is 0 Å². The first-order chi connectivity index (χ1) is 14.8. The Labute approximate surface area is 182 Å². The maximum absolute atomic E-state index is 12.9. The van der Waals surface area contributed by atoms with Crippen molar-refractivity contribution in [1.82, 2.24) is 5.32 Å². The summed E-state index contributed by atoms with van der Waals surface area (Å²) >= 11 is 0. The Morgan fingerprint density at radius 1 is 1.03 bits per heavy atom. The SMILES string of the molecule is COc1cc2c(c(OC)c1OC)-c1ccc(OC(C)C)c(=O)cc1[C@@H](NC(C)=O)CC2. The second kappa shape index (κ2) is 9.29. The Morgan fingerprint density at radius 2 is 1.74 bits per heavy atom. The van der Waals surface area contributed by atoms with Gasteiger partial charge in [-0.3, -0.25) is 9.59 Å². The summed E-state index contributed by atoms with van der Waals surface area (Å²) in [5.74, 6) is 1.64. The van der Waals surface area contributed by atoms with E-state index in [0.717, 1.165) is 16.7 Å². The van der Waals surface area contributed by atoms with Crippen LogP contribution in [0.1, 0.15) is 44.4 Å². The molecule has 7 nitrogen and oxygen atoms in total. The van der Waals surface area contributed by atoms with Crippen LogP contribution in [-0.2, 0) is 11.2 Å². The molecule has 7 heteroatoms. The Bertz CT molecular complexity index is 1050. The molecular formula is C24H29NO6. The number of methoxy groups -OCH3 is 3. The number of hydrogen-bond donors (Lipinski definition) is 1. The van der Waals surface area contributed by atoms with Gasteiger partial charge in [-0.05, 0) is 61.6 Å². The van der Waals surface area contributed by atoms with Crippen LogP contribution in [0, 0.1) is 0 Å². The molecule has 0 heterocycles. The summed E-state index contributed by atoms with van der Waals surface area (Å²) in [6.07, 6.45) is 1.12. The zero-order chi connectivity index (χ0) is 22.7. The summed E-state index contributed by atoms with van der Waals surface area (Å²) in [7, 11) is 4.70. The molecule has 0 saturated heterocycles.